The summed E-state index contributed by atoms with van der Waals surface area (Å²) in [7, 11) is 0. The van der Waals surface area contributed by atoms with Crippen LogP contribution in [-0.4, -0.2) is 24.4 Å². The minimum Gasteiger partial charge on any atom is -0.455 e. The van der Waals surface area contributed by atoms with Crippen molar-refractivity contribution < 1.29 is 23.5 Å². The SMILES string of the molecule is O=C(COC(=O)C[C@H](NC(=O)c1ccccc1)c1ccccc1)Nc1cccc(F)c1. The molecule has 158 valence electrons. The van der Waals surface area contributed by atoms with Crippen LogP contribution in [0.5, 0.6) is 0 Å². The first-order chi connectivity index (χ1) is 15.0. The number of amides is 2. The third kappa shape index (κ3) is 6.78. The molecule has 0 saturated heterocycles. The van der Waals surface area contributed by atoms with Crippen LogP contribution in [0.15, 0.2) is 84.9 Å². The Hall–Kier alpha value is -4.00. The summed E-state index contributed by atoms with van der Waals surface area (Å²) in [5, 5.41) is 5.28. The number of carbonyl (C=O) groups excluding carboxylic acids is 3. The van der Waals surface area contributed by atoms with Crippen LogP contribution in [0, 0.1) is 5.82 Å². The van der Waals surface area contributed by atoms with Gasteiger partial charge in [-0.15, -0.1) is 0 Å². The Kier molecular flexibility index (Phi) is 7.48. The molecule has 0 fully saturated rings. The van der Waals surface area contributed by atoms with E-state index in [4.69, 9.17) is 4.74 Å². The second-order valence-corrected chi connectivity index (χ2v) is 6.73. The van der Waals surface area contributed by atoms with Crippen molar-refractivity contribution in [2.45, 2.75) is 12.5 Å². The number of rotatable bonds is 8. The van der Waals surface area contributed by atoms with Gasteiger partial charge in [-0.3, -0.25) is 14.4 Å². The van der Waals surface area contributed by atoms with E-state index in [1.54, 1.807) is 54.6 Å². The highest BCUT2D eigenvalue weighted by Crippen LogP contribution is 2.18. The molecule has 2 N–H and O–H groups in total. The van der Waals surface area contributed by atoms with E-state index in [-0.39, 0.29) is 18.0 Å². The Morgan fingerprint density at radius 3 is 2.23 bits per heavy atom. The van der Waals surface area contributed by atoms with E-state index in [0.29, 0.717) is 5.56 Å². The molecule has 31 heavy (non-hydrogen) atoms. The van der Waals surface area contributed by atoms with Crippen LogP contribution in [0.2, 0.25) is 0 Å². The van der Waals surface area contributed by atoms with Crippen molar-refractivity contribution in [1.29, 1.82) is 0 Å². The number of esters is 1. The van der Waals surface area contributed by atoms with Gasteiger partial charge in [0.25, 0.3) is 11.8 Å². The molecular formula is C24H21FN2O4. The van der Waals surface area contributed by atoms with E-state index in [1.807, 2.05) is 6.07 Å². The zero-order valence-corrected chi connectivity index (χ0v) is 16.6. The second-order valence-electron chi connectivity index (χ2n) is 6.73. The molecule has 0 unspecified atom stereocenters. The number of nitrogens with one attached hydrogen (secondary N) is 2. The normalized spacial score (nSPS) is 11.3. The molecule has 3 rings (SSSR count). The summed E-state index contributed by atoms with van der Waals surface area (Å²) in [4.78, 5) is 36.9. The quantitative estimate of drug-likeness (QED) is 0.542. The van der Waals surface area contributed by atoms with Crippen LogP contribution in [0.3, 0.4) is 0 Å². The molecule has 2 amide bonds. The van der Waals surface area contributed by atoms with E-state index in [9.17, 15) is 18.8 Å². The van der Waals surface area contributed by atoms with Gasteiger partial charge in [0.05, 0.1) is 12.5 Å². The van der Waals surface area contributed by atoms with E-state index in [1.165, 1.54) is 18.2 Å². The maximum Gasteiger partial charge on any atom is 0.308 e. The van der Waals surface area contributed by atoms with Crippen molar-refractivity contribution in [3.8, 4) is 0 Å². The molecule has 0 heterocycles. The van der Waals surface area contributed by atoms with E-state index < -0.39 is 30.3 Å². The van der Waals surface area contributed by atoms with Crippen molar-refractivity contribution in [1.82, 2.24) is 5.32 Å². The van der Waals surface area contributed by atoms with Crippen molar-refractivity contribution >= 4 is 23.5 Å². The van der Waals surface area contributed by atoms with Crippen molar-refractivity contribution in [2.75, 3.05) is 11.9 Å². The van der Waals surface area contributed by atoms with Gasteiger partial charge >= 0.3 is 5.97 Å². The highest BCUT2D eigenvalue weighted by molar-refractivity contribution is 5.95. The zero-order chi connectivity index (χ0) is 22.1. The van der Waals surface area contributed by atoms with Crippen LogP contribution >= 0.6 is 0 Å². The van der Waals surface area contributed by atoms with E-state index in [2.05, 4.69) is 10.6 Å². The Morgan fingerprint density at radius 1 is 0.871 bits per heavy atom. The van der Waals surface area contributed by atoms with Gasteiger partial charge in [-0.05, 0) is 35.9 Å². The minimum atomic E-state index is -0.656. The number of halogens is 1. The number of ether oxygens (including phenoxy) is 1. The average Bonchev–Trinajstić information content (AvgIpc) is 2.78. The fourth-order valence-corrected chi connectivity index (χ4v) is 2.90. The number of hydrogen-bond donors (Lipinski definition) is 2. The average molecular weight is 420 g/mol. The Balaban J connectivity index is 1.59. The maximum atomic E-state index is 13.2. The number of carbonyl (C=O) groups is 3. The summed E-state index contributed by atoms with van der Waals surface area (Å²) >= 11 is 0. The number of benzene rings is 3. The van der Waals surface area contributed by atoms with Crippen LogP contribution in [-0.2, 0) is 14.3 Å². The lowest BCUT2D eigenvalue weighted by Crippen LogP contribution is -2.31. The third-order valence-electron chi connectivity index (χ3n) is 4.39. The smallest absolute Gasteiger partial charge is 0.308 e. The lowest BCUT2D eigenvalue weighted by atomic mass is 10.0. The molecule has 0 aliphatic carbocycles. The fourth-order valence-electron chi connectivity index (χ4n) is 2.90. The first-order valence-electron chi connectivity index (χ1n) is 9.63. The van der Waals surface area contributed by atoms with Gasteiger partial charge in [0.2, 0.25) is 0 Å². The van der Waals surface area contributed by atoms with Crippen LogP contribution in [0.1, 0.15) is 28.4 Å². The van der Waals surface area contributed by atoms with Crippen molar-refractivity contribution in [2.24, 2.45) is 0 Å². The summed E-state index contributed by atoms with van der Waals surface area (Å²) in [5.41, 5.74) is 1.46. The molecule has 3 aromatic carbocycles. The first-order valence-corrected chi connectivity index (χ1v) is 9.63. The molecule has 6 nitrogen and oxygen atoms in total. The van der Waals surface area contributed by atoms with Crippen LogP contribution < -0.4 is 10.6 Å². The number of hydrogen-bond acceptors (Lipinski definition) is 4. The van der Waals surface area contributed by atoms with Gasteiger partial charge in [-0.25, -0.2) is 4.39 Å². The summed E-state index contributed by atoms with van der Waals surface area (Å²) in [5.74, 6) is -2.07. The lowest BCUT2D eigenvalue weighted by molar-refractivity contribution is -0.147. The van der Waals surface area contributed by atoms with Gasteiger partial charge < -0.3 is 15.4 Å². The monoisotopic (exact) mass is 420 g/mol. The Bertz CT molecular complexity index is 1040. The molecule has 0 radical (unpaired) electrons. The molecule has 0 saturated carbocycles. The van der Waals surface area contributed by atoms with Gasteiger partial charge in [-0.1, -0.05) is 54.6 Å². The third-order valence-corrected chi connectivity index (χ3v) is 4.39. The van der Waals surface area contributed by atoms with Gasteiger partial charge in [0.15, 0.2) is 6.61 Å². The highest BCUT2D eigenvalue weighted by Gasteiger charge is 2.20. The van der Waals surface area contributed by atoms with E-state index >= 15 is 0 Å². The molecule has 7 heteroatoms. The summed E-state index contributed by atoms with van der Waals surface area (Å²) in [6.45, 7) is -0.524. The Morgan fingerprint density at radius 2 is 1.55 bits per heavy atom. The maximum absolute atomic E-state index is 13.2. The summed E-state index contributed by atoms with van der Waals surface area (Å²) in [6, 6.07) is 22.4. The molecule has 3 aromatic rings. The van der Waals surface area contributed by atoms with Gasteiger partial charge in [0, 0.05) is 11.3 Å². The molecule has 0 spiro atoms. The largest absolute Gasteiger partial charge is 0.455 e. The molecule has 0 aromatic heterocycles. The predicted molar refractivity (Wildman–Crippen MR) is 114 cm³/mol. The Labute approximate surface area is 179 Å². The van der Waals surface area contributed by atoms with Crippen molar-refractivity contribution in [3.63, 3.8) is 0 Å². The first kappa shape index (κ1) is 21.7. The fraction of sp³-hybridized carbons (Fsp3) is 0.125. The van der Waals surface area contributed by atoms with Gasteiger partial charge in [-0.2, -0.15) is 0 Å². The zero-order valence-electron chi connectivity index (χ0n) is 16.6. The summed E-state index contributed by atoms with van der Waals surface area (Å²) in [6.07, 6.45) is -0.157. The summed E-state index contributed by atoms with van der Waals surface area (Å²) < 4.78 is 18.2. The topological polar surface area (TPSA) is 84.5 Å². The van der Waals surface area contributed by atoms with Crippen LogP contribution in [0.4, 0.5) is 10.1 Å². The molecule has 0 aliphatic heterocycles. The predicted octanol–water partition coefficient (Wildman–Crippen LogP) is 3.87. The minimum absolute atomic E-state index is 0.157. The van der Waals surface area contributed by atoms with E-state index in [0.717, 1.165) is 11.6 Å². The van der Waals surface area contributed by atoms with Crippen molar-refractivity contribution in [3.05, 3.63) is 102 Å². The van der Waals surface area contributed by atoms with Gasteiger partial charge in [0.1, 0.15) is 5.82 Å². The van der Waals surface area contributed by atoms with Crippen LogP contribution in [0.25, 0.3) is 0 Å². The standard InChI is InChI=1S/C24H21FN2O4/c25-19-12-7-13-20(14-19)26-22(28)16-31-23(29)15-21(17-8-3-1-4-9-17)27-24(30)18-10-5-2-6-11-18/h1-14,21H,15-16H2,(H,26,28)(H,27,30)/t21-/m0/s1. The molecule has 0 bridgehead atoms. The highest BCUT2D eigenvalue weighted by atomic mass is 19.1. The molecule has 1 atom stereocenters. The number of anilines is 1. The lowest BCUT2D eigenvalue weighted by Gasteiger charge is -2.19. The second kappa shape index (κ2) is 10.7. The molecule has 0 aliphatic rings. The molecular weight excluding hydrogens is 399 g/mol.